The molecule has 0 radical (unpaired) electrons. The van der Waals surface area contributed by atoms with Gasteiger partial charge in [0.1, 0.15) is 45.5 Å². The minimum absolute atomic E-state index is 0.0195. The van der Waals surface area contributed by atoms with Crippen LogP contribution in [0.15, 0.2) is 115 Å². The van der Waals surface area contributed by atoms with E-state index in [0.717, 1.165) is 161 Å². The number of nitrogens with one attached hydrogen (secondary N) is 5. The number of pyridine rings is 5. The molecule has 7 aliphatic carbocycles. The summed E-state index contributed by atoms with van der Waals surface area (Å²) >= 11 is 0. The third kappa shape index (κ3) is 21.4. The number of hydrogen-bond donors (Lipinski definition) is 5. The molecule has 30 heteroatoms. The third-order valence-electron chi connectivity index (χ3n) is 27.7. The summed E-state index contributed by atoms with van der Waals surface area (Å²) in [5, 5.41) is 15.1. The van der Waals surface area contributed by atoms with Crippen molar-refractivity contribution in [3.8, 4) is 5.88 Å². The fourth-order valence-electron chi connectivity index (χ4n) is 18.4. The van der Waals surface area contributed by atoms with Crippen LogP contribution in [0.4, 0.5) is 38.5 Å². The topological polar surface area (TPSA) is 315 Å². The Morgan fingerprint density at radius 2 is 0.723 bits per heavy atom. The number of fused-ring (bicyclic) bond motifs is 6. The highest BCUT2D eigenvalue weighted by Crippen LogP contribution is 2.54. The molecule has 21 rings (SSSR count). The molecule has 0 bridgehead atoms. The summed E-state index contributed by atoms with van der Waals surface area (Å²) in [7, 11) is 0. The first kappa shape index (κ1) is 90.4. The summed E-state index contributed by atoms with van der Waals surface area (Å²) in [6, 6.07) is 39.7. The normalized spacial score (nSPS) is 19.4. The van der Waals surface area contributed by atoms with E-state index in [-0.39, 0.29) is 48.0 Å². The quantitative estimate of drug-likeness (QED) is 0.0421. The zero-order valence-corrected chi connectivity index (χ0v) is 77.2. The predicted octanol–water partition coefficient (Wildman–Crippen LogP) is 19.5. The predicted molar refractivity (Wildman–Crippen MR) is 503 cm³/mol. The van der Waals surface area contributed by atoms with Gasteiger partial charge in [0, 0.05) is 104 Å². The van der Waals surface area contributed by atoms with E-state index in [9.17, 15) is 32.8 Å². The standard InChI is InChI=1S/C23H28N4O2.C21H22N4O.2C19H26FN5O.C18H24N4O/c1-23(2,3)14-19(28)25-22-24-18-12-13-20(29-15-16-8-5-4-6-9-16)26-21(18)27(22)17-10-7-11-17;1-13-9-10-18-20(22-13)25(16-6-4-7-16)21(23-18)24-19(26)12-15-11-14-5-2-3-8-17(14)15;2*1-13-6-7-15-17(21-13)25(14-4-3-5-14)18(22-15)23-16(26)12-24-10-8-19(2,20)9-11-24;1-11-7-8-14-16(19-11)22(13-5-4-6-13)17(20-14)21-15(23)9-12-10-18(12,2)3/h4-6,8-9,12-13,17H,7,10-11,14-15H2,1-3H3,(H,24,25,28);2-3,5,8-10,15-16H,4,6-7,11-12H2,1H3,(H,23,24,26);2*6-7,14H,3-5,8-12H2,1-2H3,(H,22,23,26);7-8,12-13H,4-6,9-10H2,1-3H3,(H,20,21,23). The first-order valence-corrected chi connectivity index (χ1v) is 47.2. The van der Waals surface area contributed by atoms with E-state index in [4.69, 9.17) is 9.72 Å². The molecule has 12 heterocycles. The number of imidazole rings is 5. The lowest BCUT2D eigenvalue weighted by atomic mass is 9.76. The lowest BCUT2D eigenvalue weighted by Gasteiger charge is -2.33. The van der Waals surface area contributed by atoms with Gasteiger partial charge in [0.15, 0.2) is 28.2 Å². The molecule has 9 aliphatic rings. The SMILES string of the molecule is CC(C)(C)CC(=O)Nc1nc2ccc(OCc3ccccc3)nc2n1C1CCC1.Cc1ccc2nc(NC(=O)CC3CC3(C)C)n(C3CCC3)c2n1.Cc1ccc2nc(NC(=O)CC3Cc4ccccc43)n(C3CCC3)c2n1.Cc1ccc2nc(NC(=O)CN3CCC(C)(F)CC3)n(C3CCC3)c2n1.Cc1ccc2nc(NC(=O)CN3CCC(C)(F)CC3)n(C3CCC3)c2n1. The number of aryl methyl sites for hydroxylation is 4. The van der Waals surface area contributed by atoms with E-state index < -0.39 is 11.3 Å². The van der Waals surface area contributed by atoms with Gasteiger partial charge in [-0.2, -0.15) is 4.98 Å². The molecule has 0 spiro atoms. The number of piperidine rings is 2. The summed E-state index contributed by atoms with van der Waals surface area (Å²) in [6.45, 7) is 25.3. The summed E-state index contributed by atoms with van der Waals surface area (Å²) < 4.78 is 44.3. The van der Waals surface area contributed by atoms with E-state index in [1.165, 1.54) is 43.2 Å². The van der Waals surface area contributed by atoms with Crippen molar-refractivity contribution in [2.45, 2.75) is 284 Å². The lowest BCUT2D eigenvalue weighted by Crippen LogP contribution is -2.43. The zero-order valence-electron chi connectivity index (χ0n) is 77.2. The van der Waals surface area contributed by atoms with Crippen molar-refractivity contribution < 1.29 is 37.5 Å². The summed E-state index contributed by atoms with van der Waals surface area (Å²) in [6.07, 6.45) is 22.6. The highest BCUT2D eigenvalue weighted by atomic mass is 19.1. The number of amides is 5. The van der Waals surface area contributed by atoms with Crippen LogP contribution >= 0.6 is 0 Å². The van der Waals surface area contributed by atoms with Crippen LogP contribution in [0.3, 0.4) is 0 Å². The smallest absolute Gasteiger partial charge is 0.240 e. The molecule has 130 heavy (non-hydrogen) atoms. The van der Waals surface area contributed by atoms with Crippen molar-refractivity contribution in [3.63, 3.8) is 0 Å². The Hall–Kier alpha value is -11.5. The molecule has 2 atom stereocenters. The number of ether oxygens (including phenoxy) is 1. The van der Waals surface area contributed by atoms with Crippen molar-refractivity contribution in [1.82, 2.24) is 82.5 Å². The average molecular weight is 1770 g/mol. The molecule has 2 aliphatic heterocycles. The van der Waals surface area contributed by atoms with Gasteiger partial charge in [-0.1, -0.05) is 89.2 Å². The van der Waals surface area contributed by atoms with Gasteiger partial charge in [0.05, 0.1) is 13.1 Å². The molecule has 8 fully saturated rings. The van der Waals surface area contributed by atoms with Crippen molar-refractivity contribution in [1.29, 1.82) is 0 Å². The Morgan fingerprint density at radius 3 is 1.06 bits per heavy atom. The first-order valence-electron chi connectivity index (χ1n) is 47.2. The Kier molecular flexibility index (Phi) is 26.5. The molecular formula is C100H126F2N22O6. The summed E-state index contributed by atoms with van der Waals surface area (Å²) in [5.41, 5.74) is 14.0. The van der Waals surface area contributed by atoms with Gasteiger partial charge in [-0.25, -0.2) is 53.6 Å². The molecule has 28 nitrogen and oxygen atoms in total. The van der Waals surface area contributed by atoms with Crippen molar-refractivity contribution in [2.75, 3.05) is 65.9 Å². The second-order valence-corrected chi connectivity index (χ2v) is 40.2. The van der Waals surface area contributed by atoms with Gasteiger partial charge in [0.2, 0.25) is 65.2 Å². The number of alkyl halides is 2. The van der Waals surface area contributed by atoms with Gasteiger partial charge >= 0.3 is 0 Å². The number of nitrogens with zero attached hydrogens (tertiary/aromatic N) is 17. The number of anilines is 5. The number of carbonyl (C=O) groups is 5. The number of halogens is 2. The Labute approximate surface area is 758 Å². The van der Waals surface area contributed by atoms with E-state index >= 15 is 0 Å². The van der Waals surface area contributed by atoms with Crippen LogP contribution in [-0.4, -0.2) is 163 Å². The van der Waals surface area contributed by atoms with Crippen molar-refractivity contribution in [2.24, 2.45) is 16.7 Å². The minimum Gasteiger partial charge on any atom is -0.473 e. The fraction of sp³-hybridized carbons (Fsp3) is 0.530. The number of hydrogen-bond acceptors (Lipinski definition) is 18. The molecular weight excluding hydrogens is 1640 g/mol. The van der Waals surface area contributed by atoms with E-state index in [2.05, 4.69) is 147 Å². The molecule has 2 unspecified atom stereocenters. The largest absolute Gasteiger partial charge is 0.473 e. The van der Waals surface area contributed by atoms with Gasteiger partial charge in [-0.3, -0.25) is 83.2 Å². The monoisotopic (exact) mass is 1770 g/mol. The van der Waals surface area contributed by atoms with Crippen LogP contribution in [0.25, 0.3) is 55.8 Å². The van der Waals surface area contributed by atoms with Crippen LogP contribution in [0.1, 0.15) is 272 Å². The molecule has 5 N–H and O–H groups in total. The van der Waals surface area contributed by atoms with Crippen LogP contribution < -0.4 is 31.3 Å². The molecule has 10 aromatic heterocycles. The maximum Gasteiger partial charge on any atom is 0.240 e. The van der Waals surface area contributed by atoms with E-state index in [1.807, 2.05) is 135 Å². The Balaban J connectivity index is 0.000000114. The van der Waals surface area contributed by atoms with Gasteiger partial charge in [0.25, 0.3) is 0 Å². The average Bonchev–Trinajstić information content (AvgIpc) is 1.53. The van der Waals surface area contributed by atoms with Crippen LogP contribution in [0.5, 0.6) is 5.88 Å². The Morgan fingerprint density at radius 1 is 0.400 bits per heavy atom. The number of benzene rings is 2. The molecule has 12 aromatic rings. The molecule has 2 aromatic carbocycles. The highest BCUT2D eigenvalue weighted by Gasteiger charge is 2.47. The van der Waals surface area contributed by atoms with Gasteiger partial charge < -0.3 is 4.74 Å². The lowest BCUT2D eigenvalue weighted by molar-refractivity contribution is -0.118. The van der Waals surface area contributed by atoms with Crippen LogP contribution in [-0.2, 0) is 37.0 Å². The summed E-state index contributed by atoms with van der Waals surface area (Å²) in [4.78, 5) is 113. The number of likely N-dealkylation sites (tertiary alicyclic amines) is 2. The Bertz CT molecular complexity index is 5980. The maximum atomic E-state index is 13.9. The fourth-order valence-corrected chi connectivity index (χ4v) is 18.4. The zero-order chi connectivity index (χ0) is 90.9. The van der Waals surface area contributed by atoms with Gasteiger partial charge in [-0.05, 0) is 270 Å². The number of carbonyl (C=O) groups excluding carboxylic acids is 5. The first-order chi connectivity index (χ1) is 62.3. The maximum absolute atomic E-state index is 13.9. The van der Waals surface area contributed by atoms with E-state index in [1.54, 1.807) is 13.8 Å². The second-order valence-electron chi connectivity index (χ2n) is 40.2. The highest BCUT2D eigenvalue weighted by molar-refractivity contribution is 5.95. The summed E-state index contributed by atoms with van der Waals surface area (Å²) in [5.74, 6) is 4.38. The third-order valence-corrected chi connectivity index (χ3v) is 27.7. The molecule has 686 valence electrons. The minimum atomic E-state index is -1.10. The number of rotatable bonds is 22. The number of aromatic nitrogens is 15. The van der Waals surface area contributed by atoms with Crippen LogP contribution in [0.2, 0.25) is 0 Å². The van der Waals surface area contributed by atoms with Crippen LogP contribution in [0, 0.1) is 44.4 Å². The second kappa shape index (κ2) is 38.1. The molecule has 6 saturated carbocycles. The van der Waals surface area contributed by atoms with Gasteiger partial charge in [-0.15, -0.1) is 0 Å². The van der Waals surface area contributed by atoms with E-state index in [0.29, 0.717) is 161 Å². The molecule has 5 amide bonds. The van der Waals surface area contributed by atoms with Crippen molar-refractivity contribution >= 4 is 115 Å². The van der Waals surface area contributed by atoms with Crippen molar-refractivity contribution in [3.05, 3.63) is 155 Å². The molecule has 2 saturated heterocycles.